The van der Waals surface area contributed by atoms with Gasteiger partial charge in [-0.15, -0.1) is 10.2 Å². The Labute approximate surface area is 160 Å². The summed E-state index contributed by atoms with van der Waals surface area (Å²) in [7, 11) is 0. The molecule has 0 fully saturated rings. The van der Waals surface area contributed by atoms with E-state index >= 15 is 0 Å². The zero-order valence-electron chi connectivity index (χ0n) is 15.7. The van der Waals surface area contributed by atoms with Crippen molar-refractivity contribution in [2.24, 2.45) is 10.7 Å². The average Bonchev–Trinajstić information content (AvgIpc) is 2.92. The molecule has 0 radical (unpaired) electrons. The Bertz CT molecular complexity index is 800. The average molecular weight is 368 g/mol. The predicted molar refractivity (Wildman–Crippen MR) is 105 cm³/mol. The maximum Gasteiger partial charge on any atom is 0.189 e. The third kappa shape index (κ3) is 4.23. The van der Waals surface area contributed by atoms with E-state index in [9.17, 15) is 0 Å². The minimum atomic E-state index is 0.158. The Hall–Kier alpha value is -2.57. The molecule has 0 spiro atoms. The lowest BCUT2D eigenvalue weighted by Gasteiger charge is -2.26. The van der Waals surface area contributed by atoms with Crippen molar-refractivity contribution < 1.29 is 4.74 Å². The lowest BCUT2D eigenvalue weighted by Crippen LogP contribution is -2.37. The molecule has 0 bridgehead atoms. The van der Waals surface area contributed by atoms with Crippen molar-refractivity contribution in [3.63, 3.8) is 0 Å². The SMILES string of the molecule is NC(=NCCCc1nnc2n1CCCCC2)NC1CCOc2ccccc21. The third-order valence-corrected chi connectivity index (χ3v) is 5.31. The number of aromatic nitrogens is 3. The summed E-state index contributed by atoms with van der Waals surface area (Å²) in [6.07, 6.45) is 7.48. The zero-order valence-corrected chi connectivity index (χ0v) is 15.7. The van der Waals surface area contributed by atoms with Gasteiger partial charge in [-0.1, -0.05) is 24.6 Å². The van der Waals surface area contributed by atoms with Crippen molar-refractivity contribution in [2.45, 2.75) is 57.5 Å². The van der Waals surface area contributed by atoms with E-state index in [1.165, 1.54) is 19.3 Å². The first-order chi connectivity index (χ1) is 13.3. The van der Waals surface area contributed by atoms with E-state index < -0.39 is 0 Å². The summed E-state index contributed by atoms with van der Waals surface area (Å²) in [5, 5.41) is 12.1. The Kier molecular flexibility index (Phi) is 5.55. The minimum absolute atomic E-state index is 0.158. The number of rotatable bonds is 5. The van der Waals surface area contributed by atoms with Gasteiger partial charge in [0.2, 0.25) is 0 Å². The van der Waals surface area contributed by atoms with Gasteiger partial charge in [-0.25, -0.2) is 0 Å². The van der Waals surface area contributed by atoms with Crippen molar-refractivity contribution in [1.82, 2.24) is 20.1 Å². The minimum Gasteiger partial charge on any atom is -0.493 e. The van der Waals surface area contributed by atoms with Crippen LogP contribution < -0.4 is 15.8 Å². The standard InChI is InChI=1S/C20H28N6O/c21-20(23-16-11-14-27-17-8-4-3-7-15(16)17)22-12-6-10-19-25-24-18-9-2-1-5-13-26(18)19/h3-4,7-8,16H,1-2,5-6,9-14H2,(H3,21,22,23). The monoisotopic (exact) mass is 368 g/mol. The van der Waals surface area contributed by atoms with E-state index in [0.29, 0.717) is 19.1 Å². The lowest BCUT2D eigenvalue weighted by molar-refractivity contribution is 0.262. The second-order valence-corrected chi connectivity index (χ2v) is 7.24. The van der Waals surface area contributed by atoms with Crippen LogP contribution in [0.1, 0.15) is 55.4 Å². The topological polar surface area (TPSA) is 90.4 Å². The number of hydrogen-bond donors (Lipinski definition) is 2. The molecule has 3 N–H and O–H groups in total. The molecule has 0 aliphatic carbocycles. The van der Waals surface area contributed by atoms with Gasteiger partial charge in [0.15, 0.2) is 5.96 Å². The van der Waals surface area contributed by atoms with Gasteiger partial charge >= 0.3 is 0 Å². The molecule has 2 aliphatic heterocycles. The summed E-state index contributed by atoms with van der Waals surface area (Å²) < 4.78 is 8.00. The number of ether oxygens (including phenoxy) is 1. The van der Waals surface area contributed by atoms with E-state index in [-0.39, 0.29) is 6.04 Å². The van der Waals surface area contributed by atoms with Crippen LogP contribution in [0.25, 0.3) is 0 Å². The van der Waals surface area contributed by atoms with Crippen LogP contribution in [0.4, 0.5) is 0 Å². The fourth-order valence-corrected chi connectivity index (χ4v) is 3.88. The number of hydrogen-bond acceptors (Lipinski definition) is 4. The van der Waals surface area contributed by atoms with Crippen LogP contribution in [0.3, 0.4) is 0 Å². The Balaban J connectivity index is 1.29. The maximum absolute atomic E-state index is 6.12. The molecule has 1 aromatic heterocycles. The van der Waals surface area contributed by atoms with Gasteiger partial charge < -0.3 is 20.4 Å². The Morgan fingerprint density at radius 1 is 1.26 bits per heavy atom. The number of aliphatic imine (C=N–C) groups is 1. The molecule has 3 heterocycles. The number of aryl methyl sites for hydroxylation is 2. The molecule has 2 aromatic rings. The van der Waals surface area contributed by atoms with E-state index in [0.717, 1.165) is 55.2 Å². The number of fused-ring (bicyclic) bond motifs is 2. The van der Waals surface area contributed by atoms with E-state index in [1.54, 1.807) is 0 Å². The van der Waals surface area contributed by atoms with Gasteiger partial charge in [-0.3, -0.25) is 4.99 Å². The van der Waals surface area contributed by atoms with Crippen LogP contribution in [-0.4, -0.2) is 33.9 Å². The normalized spacial score (nSPS) is 19.6. The van der Waals surface area contributed by atoms with Crippen LogP contribution in [-0.2, 0) is 19.4 Å². The fraction of sp³-hybridized carbons (Fsp3) is 0.550. The molecule has 0 amide bonds. The number of benzene rings is 1. The quantitative estimate of drug-likeness (QED) is 0.480. The molecule has 144 valence electrons. The molecule has 0 saturated carbocycles. The van der Waals surface area contributed by atoms with E-state index in [1.807, 2.05) is 18.2 Å². The van der Waals surface area contributed by atoms with Crippen molar-refractivity contribution in [2.75, 3.05) is 13.2 Å². The Morgan fingerprint density at radius 3 is 3.15 bits per heavy atom. The maximum atomic E-state index is 6.12. The van der Waals surface area contributed by atoms with E-state index in [2.05, 4.69) is 31.1 Å². The zero-order chi connectivity index (χ0) is 18.5. The van der Waals surface area contributed by atoms with Crippen LogP contribution in [0.5, 0.6) is 5.75 Å². The van der Waals surface area contributed by atoms with Gasteiger partial charge in [0, 0.05) is 37.9 Å². The first-order valence-electron chi connectivity index (χ1n) is 10.0. The van der Waals surface area contributed by atoms with Gasteiger partial charge in [-0.2, -0.15) is 0 Å². The first kappa shape index (κ1) is 17.8. The second-order valence-electron chi connectivity index (χ2n) is 7.24. The van der Waals surface area contributed by atoms with Gasteiger partial charge in [0.25, 0.3) is 0 Å². The van der Waals surface area contributed by atoms with Crippen LogP contribution in [0.15, 0.2) is 29.3 Å². The lowest BCUT2D eigenvalue weighted by atomic mass is 10.0. The highest BCUT2D eigenvalue weighted by molar-refractivity contribution is 5.78. The molecule has 4 rings (SSSR count). The van der Waals surface area contributed by atoms with Gasteiger partial charge in [0.1, 0.15) is 17.4 Å². The molecular formula is C20H28N6O. The van der Waals surface area contributed by atoms with Crippen LogP contribution >= 0.6 is 0 Å². The van der Waals surface area contributed by atoms with E-state index in [4.69, 9.17) is 10.5 Å². The molecule has 1 unspecified atom stereocenters. The van der Waals surface area contributed by atoms with Crippen LogP contribution in [0, 0.1) is 0 Å². The second kappa shape index (κ2) is 8.41. The number of nitrogens with two attached hydrogens (primary N) is 1. The summed E-state index contributed by atoms with van der Waals surface area (Å²) in [6, 6.07) is 8.25. The smallest absolute Gasteiger partial charge is 0.189 e. The number of nitrogens with one attached hydrogen (secondary N) is 1. The van der Waals surface area contributed by atoms with Crippen molar-refractivity contribution in [1.29, 1.82) is 0 Å². The molecule has 2 aliphatic rings. The summed E-state index contributed by atoms with van der Waals surface area (Å²) in [6.45, 7) is 2.43. The van der Waals surface area contributed by atoms with Crippen molar-refractivity contribution >= 4 is 5.96 Å². The number of nitrogens with zero attached hydrogens (tertiary/aromatic N) is 4. The molecular weight excluding hydrogens is 340 g/mol. The largest absolute Gasteiger partial charge is 0.493 e. The summed E-state index contributed by atoms with van der Waals surface area (Å²) in [4.78, 5) is 4.51. The molecule has 0 saturated heterocycles. The molecule has 27 heavy (non-hydrogen) atoms. The summed E-state index contributed by atoms with van der Waals surface area (Å²) in [5.41, 5.74) is 7.26. The molecule has 7 nitrogen and oxygen atoms in total. The van der Waals surface area contributed by atoms with Gasteiger partial charge in [-0.05, 0) is 25.3 Å². The van der Waals surface area contributed by atoms with Crippen molar-refractivity contribution in [3.8, 4) is 5.75 Å². The molecule has 1 aromatic carbocycles. The number of guanidine groups is 1. The Morgan fingerprint density at radius 2 is 2.19 bits per heavy atom. The third-order valence-electron chi connectivity index (χ3n) is 5.31. The predicted octanol–water partition coefficient (Wildman–Crippen LogP) is 2.37. The fourth-order valence-electron chi connectivity index (χ4n) is 3.88. The van der Waals surface area contributed by atoms with Gasteiger partial charge in [0.05, 0.1) is 12.6 Å². The molecule has 7 heteroatoms. The molecule has 1 atom stereocenters. The highest BCUT2D eigenvalue weighted by atomic mass is 16.5. The highest BCUT2D eigenvalue weighted by Crippen LogP contribution is 2.31. The summed E-state index contributed by atoms with van der Waals surface area (Å²) in [5.74, 6) is 3.66. The van der Waals surface area contributed by atoms with Crippen molar-refractivity contribution in [3.05, 3.63) is 41.5 Å². The summed E-state index contributed by atoms with van der Waals surface area (Å²) >= 11 is 0. The number of para-hydroxylation sites is 1. The van der Waals surface area contributed by atoms with Crippen LogP contribution in [0.2, 0.25) is 0 Å². The first-order valence-corrected chi connectivity index (χ1v) is 10.0. The highest BCUT2D eigenvalue weighted by Gasteiger charge is 2.21.